The summed E-state index contributed by atoms with van der Waals surface area (Å²) >= 11 is 8.98. The van der Waals surface area contributed by atoms with Crippen molar-refractivity contribution in [1.29, 1.82) is 0 Å². The summed E-state index contributed by atoms with van der Waals surface area (Å²) in [5.41, 5.74) is 1.23. The molecule has 0 amide bonds. The van der Waals surface area contributed by atoms with Gasteiger partial charge in [-0.3, -0.25) is 0 Å². The zero-order chi connectivity index (χ0) is 11.1. The molecule has 1 unspecified atom stereocenters. The monoisotopic (exact) mass is 302 g/mol. The minimum Gasteiger partial charge on any atom is -0.508 e. The fraction of sp³-hybridized carbons (Fsp3) is 0.100. The molecule has 1 atom stereocenters. The molecule has 1 N–H and O–H groups in total. The first-order valence-electron chi connectivity index (χ1n) is 4.49. The predicted molar refractivity (Wildman–Crippen MR) is 75.6 cm³/mol. The fourth-order valence-electron chi connectivity index (χ4n) is 1.40. The minimum atomic E-state index is 0.317. The molecule has 6 heteroatoms. The van der Waals surface area contributed by atoms with Gasteiger partial charge in [-0.2, -0.15) is 0 Å². The van der Waals surface area contributed by atoms with Crippen LogP contribution in [0.5, 0.6) is 5.75 Å². The standard InChI is InChI=1S/C10H6OS5/c11-6-3-1-5(2-4-6)9-13-7-8(12)15-16-10(7)14-9/h1-4,9,11H. The van der Waals surface area contributed by atoms with E-state index in [1.165, 1.54) is 14.7 Å². The molecule has 0 saturated heterocycles. The molecular weight excluding hydrogens is 296 g/mol. The highest BCUT2D eigenvalue weighted by Crippen LogP contribution is 2.60. The molecule has 0 fully saturated rings. The molecule has 0 saturated carbocycles. The number of benzene rings is 1. The van der Waals surface area contributed by atoms with Gasteiger partial charge in [0.1, 0.15) is 9.57 Å². The Bertz CT molecular complexity index is 568. The Kier molecular flexibility index (Phi) is 3.01. The quantitative estimate of drug-likeness (QED) is 0.581. The van der Waals surface area contributed by atoms with Gasteiger partial charge in [0, 0.05) is 0 Å². The van der Waals surface area contributed by atoms with Gasteiger partial charge >= 0.3 is 0 Å². The van der Waals surface area contributed by atoms with Crippen LogP contribution in [0.2, 0.25) is 0 Å². The average molecular weight is 302 g/mol. The van der Waals surface area contributed by atoms with E-state index in [0.717, 1.165) is 3.82 Å². The van der Waals surface area contributed by atoms with Crippen molar-refractivity contribution in [2.24, 2.45) is 0 Å². The van der Waals surface area contributed by atoms with Crippen molar-refractivity contribution in [3.63, 3.8) is 0 Å². The maximum atomic E-state index is 9.25. The van der Waals surface area contributed by atoms with Gasteiger partial charge in [-0.05, 0) is 17.7 Å². The van der Waals surface area contributed by atoms with Crippen molar-refractivity contribution in [1.82, 2.24) is 0 Å². The van der Waals surface area contributed by atoms with Crippen LogP contribution in [-0.4, -0.2) is 5.11 Å². The average Bonchev–Trinajstić information content (AvgIpc) is 2.83. The number of thioether (sulfide) groups is 2. The molecule has 0 bridgehead atoms. The third-order valence-electron chi connectivity index (χ3n) is 2.17. The van der Waals surface area contributed by atoms with Crippen LogP contribution in [-0.2, 0) is 0 Å². The number of hydrogen-bond acceptors (Lipinski definition) is 6. The van der Waals surface area contributed by atoms with E-state index in [2.05, 4.69) is 0 Å². The molecule has 2 aromatic rings. The van der Waals surface area contributed by atoms with Gasteiger partial charge in [-0.25, -0.2) is 0 Å². The van der Waals surface area contributed by atoms with Gasteiger partial charge in [-0.1, -0.05) is 56.8 Å². The maximum absolute atomic E-state index is 9.25. The second kappa shape index (κ2) is 4.34. The number of phenols is 1. The number of hydrogen-bond donors (Lipinski definition) is 1. The van der Waals surface area contributed by atoms with Gasteiger partial charge in [-0.15, -0.1) is 11.8 Å². The Morgan fingerprint density at radius 1 is 1.06 bits per heavy atom. The van der Waals surface area contributed by atoms with Gasteiger partial charge in [0.25, 0.3) is 0 Å². The van der Waals surface area contributed by atoms with Crippen LogP contribution in [0.4, 0.5) is 0 Å². The Morgan fingerprint density at radius 3 is 2.50 bits per heavy atom. The topological polar surface area (TPSA) is 20.2 Å². The Balaban J connectivity index is 1.91. The second-order valence-corrected chi connectivity index (χ2v) is 8.83. The molecule has 2 heterocycles. The van der Waals surface area contributed by atoms with Crippen LogP contribution in [0.1, 0.15) is 10.1 Å². The SMILES string of the molecule is Oc1ccc(C2Sc3ssc(=S)c3S2)cc1. The van der Waals surface area contributed by atoms with Gasteiger partial charge in [0.05, 0.1) is 13.7 Å². The summed E-state index contributed by atoms with van der Waals surface area (Å²) in [6.07, 6.45) is 0. The molecule has 0 radical (unpaired) electrons. The highest BCUT2D eigenvalue weighted by Gasteiger charge is 2.27. The van der Waals surface area contributed by atoms with Crippen LogP contribution in [0, 0.1) is 3.82 Å². The van der Waals surface area contributed by atoms with Gasteiger partial charge < -0.3 is 5.11 Å². The normalized spacial score (nSPS) is 18.6. The summed E-state index contributed by atoms with van der Waals surface area (Å²) in [4.78, 5) is 1.27. The van der Waals surface area contributed by atoms with Crippen molar-refractivity contribution < 1.29 is 5.11 Å². The number of rotatable bonds is 1. The molecule has 3 rings (SSSR count). The molecule has 1 aliphatic heterocycles. The second-order valence-electron chi connectivity index (χ2n) is 3.23. The van der Waals surface area contributed by atoms with Crippen molar-refractivity contribution in [3.05, 3.63) is 33.7 Å². The van der Waals surface area contributed by atoms with E-state index in [1.54, 1.807) is 32.8 Å². The number of aromatic hydroxyl groups is 1. The summed E-state index contributed by atoms with van der Waals surface area (Å²) in [5.74, 6) is 0.317. The Labute approximate surface area is 114 Å². The summed E-state index contributed by atoms with van der Waals surface area (Å²) in [6, 6.07) is 7.42. The maximum Gasteiger partial charge on any atom is 0.116 e. The van der Waals surface area contributed by atoms with Gasteiger partial charge in [0.15, 0.2) is 0 Å². The summed E-state index contributed by atoms with van der Waals surface area (Å²) < 4.78 is 2.74. The van der Waals surface area contributed by atoms with Crippen LogP contribution < -0.4 is 0 Å². The first-order chi connectivity index (χ1) is 7.74. The third kappa shape index (κ3) is 1.93. The van der Waals surface area contributed by atoms with Crippen molar-refractivity contribution in [2.75, 3.05) is 0 Å². The first kappa shape index (κ1) is 11.1. The highest BCUT2D eigenvalue weighted by atomic mass is 32.9. The lowest BCUT2D eigenvalue weighted by Crippen LogP contribution is -1.82. The first-order valence-corrected chi connectivity index (χ1v) is 8.81. The van der Waals surface area contributed by atoms with Crippen LogP contribution in [0.25, 0.3) is 0 Å². The molecule has 82 valence electrons. The Morgan fingerprint density at radius 2 is 1.81 bits per heavy atom. The fourth-order valence-corrected chi connectivity index (χ4v) is 8.27. The molecule has 16 heavy (non-hydrogen) atoms. The number of fused-ring (bicyclic) bond motifs is 1. The molecule has 0 spiro atoms. The lowest BCUT2D eigenvalue weighted by Gasteiger charge is -2.07. The number of phenolic OH excluding ortho intramolecular Hbond substituents is 1. The van der Waals surface area contributed by atoms with Gasteiger partial charge in [0.2, 0.25) is 0 Å². The smallest absolute Gasteiger partial charge is 0.116 e. The molecule has 1 nitrogen and oxygen atoms in total. The largest absolute Gasteiger partial charge is 0.508 e. The van der Waals surface area contributed by atoms with Crippen LogP contribution >= 0.6 is 56.4 Å². The summed E-state index contributed by atoms with van der Waals surface area (Å²) in [5, 5.41) is 9.25. The predicted octanol–water partition coefficient (Wildman–Crippen LogP) is 5.14. The van der Waals surface area contributed by atoms with E-state index in [9.17, 15) is 5.11 Å². The van der Waals surface area contributed by atoms with E-state index in [0.29, 0.717) is 10.3 Å². The zero-order valence-electron chi connectivity index (χ0n) is 7.88. The van der Waals surface area contributed by atoms with E-state index in [1.807, 2.05) is 35.7 Å². The van der Waals surface area contributed by atoms with Crippen molar-refractivity contribution in [2.45, 2.75) is 13.7 Å². The molecule has 1 aromatic carbocycles. The van der Waals surface area contributed by atoms with Crippen molar-refractivity contribution in [3.8, 4) is 5.75 Å². The lowest BCUT2D eigenvalue weighted by atomic mass is 10.2. The van der Waals surface area contributed by atoms with E-state index in [-0.39, 0.29) is 0 Å². The van der Waals surface area contributed by atoms with Crippen LogP contribution in [0.3, 0.4) is 0 Å². The third-order valence-corrected chi connectivity index (χ3v) is 8.97. The highest BCUT2D eigenvalue weighted by molar-refractivity contribution is 8.20. The molecular formula is C10H6OS5. The van der Waals surface area contributed by atoms with E-state index >= 15 is 0 Å². The summed E-state index contributed by atoms with van der Waals surface area (Å²) in [6.45, 7) is 0. The van der Waals surface area contributed by atoms with E-state index in [4.69, 9.17) is 12.2 Å². The minimum absolute atomic E-state index is 0.317. The summed E-state index contributed by atoms with van der Waals surface area (Å²) in [7, 11) is 3.45. The zero-order valence-corrected chi connectivity index (χ0v) is 12.0. The Hall–Kier alpha value is -0.0100. The van der Waals surface area contributed by atoms with Crippen LogP contribution in [0.15, 0.2) is 33.4 Å². The van der Waals surface area contributed by atoms with E-state index < -0.39 is 0 Å². The molecule has 1 aromatic heterocycles. The molecule has 1 aliphatic rings. The molecule has 0 aliphatic carbocycles. The lowest BCUT2D eigenvalue weighted by molar-refractivity contribution is 0.475. The van der Waals surface area contributed by atoms with Crippen molar-refractivity contribution >= 4 is 56.4 Å².